The molecule has 2 aromatic carbocycles. The SMILES string of the molecule is COc1nc(C)nc(NC(=O)NS(=O)(=O)c2cccc(S(N)(=O)=O)c2CCOS(=O)(=O)c2ccc(C)cc2)n1. The zero-order valence-electron chi connectivity index (χ0n) is 20.8. The Morgan fingerprint density at radius 2 is 1.56 bits per heavy atom. The number of aromatic nitrogens is 3. The van der Waals surface area contributed by atoms with Crippen LogP contribution in [-0.4, -0.2) is 60.0 Å². The van der Waals surface area contributed by atoms with E-state index in [-0.39, 0.29) is 22.7 Å². The summed E-state index contributed by atoms with van der Waals surface area (Å²) in [5.74, 6) is -0.149. The lowest BCUT2D eigenvalue weighted by molar-refractivity contribution is 0.256. The van der Waals surface area contributed by atoms with Crippen molar-refractivity contribution in [3.05, 3.63) is 59.4 Å². The monoisotopic (exact) mass is 600 g/mol. The summed E-state index contributed by atoms with van der Waals surface area (Å²) in [6, 6.07) is 7.50. The van der Waals surface area contributed by atoms with Crippen LogP contribution in [0, 0.1) is 13.8 Å². The number of ether oxygens (including phenoxy) is 1. The number of carbonyl (C=O) groups excluding carboxylic acids is 1. The van der Waals surface area contributed by atoms with E-state index in [9.17, 15) is 30.0 Å². The summed E-state index contributed by atoms with van der Waals surface area (Å²) in [6.45, 7) is 2.61. The van der Waals surface area contributed by atoms with Crippen LogP contribution in [0.25, 0.3) is 0 Å². The number of nitrogens with zero attached hydrogens (tertiary/aromatic N) is 3. The summed E-state index contributed by atoms with van der Waals surface area (Å²) in [4.78, 5) is 22.5. The molecule has 0 unspecified atom stereocenters. The number of benzene rings is 2. The second kappa shape index (κ2) is 11.6. The molecule has 4 N–H and O–H groups in total. The largest absolute Gasteiger partial charge is 0.467 e. The predicted molar refractivity (Wildman–Crippen MR) is 136 cm³/mol. The Morgan fingerprint density at radius 3 is 2.18 bits per heavy atom. The highest BCUT2D eigenvalue weighted by molar-refractivity contribution is 7.90. The van der Waals surface area contributed by atoms with Gasteiger partial charge in [-0.2, -0.15) is 23.4 Å². The molecule has 18 heteroatoms. The molecule has 0 saturated carbocycles. The summed E-state index contributed by atoms with van der Waals surface area (Å²) in [6.07, 6.45) is -0.514. The first-order valence-corrected chi connectivity index (χ1v) is 15.3. The fourth-order valence-corrected chi connectivity index (χ4v) is 6.24. The van der Waals surface area contributed by atoms with Crippen molar-refractivity contribution < 1.29 is 39.0 Å². The van der Waals surface area contributed by atoms with Gasteiger partial charge in [-0.05, 0) is 50.1 Å². The summed E-state index contributed by atoms with van der Waals surface area (Å²) in [7, 11) is -12.2. The fraction of sp³-hybridized carbons (Fsp3) is 0.238. The minimum absolute atomic E-state index is 0.135. The maximum absolute atomic E-state index is 13.1. The molecular formula is C21H24N6O9S3. The lowest BCUT2D eigenvalue weighted by Gasteiger charge is -2.15. The van der Waals surface area contributed by atoms with Gasteiger partial charge in [-0.25, -0.2) is 31.5 Å². The standard InChI is InChI=1S/C21H24N6O9S3/c1-13-7-9-15(10-8-13)39(33,34)36-12-11-16-17(37(22,29)30)5-4-6-18(16)38(31,32)27-20(28)25-19-23-14(2)24-21(26-19)35-3/h4-10H,11-12H2,1-3H3,(H2,22,29,30)(H2,23,24,25,26,27,28). The van der Waals surface area contributed by atoms with Crippen molar-refractivity contribution in [1.82, 2.24) is 19.7 Å². The third kappa shape index (κ3) is 7.67. The van der Waals surface area contributed by atoms with Crippen LogP contribution in [0.4, 0.5) is 10.7 Å². The fourth-order valence-electron chi connectivity index (χ4n) is 3.25. The molecule has 0 radical (unpaired) electrons. The van der Waals surface area contributed by atoms with E-state index in [1.165, 1.54) is 26.2 Å². The molecule has 0 fully saturated rings. The Kier molecular flexibility index (Phi) is 8.86. The van der Waals surface area contributed by atoms with Gasteiger partial charge < -0.3 is 4.74 Å². The van der Waals surface area contributed by atoms with Crippen molar-refractivity contribution in [2.24, 2.45) is 5.14 Å². The zero-order valence-corrected chi connectivity index (χ0v) is 23.2. The second-order valence-corrected chi connectivity index (χ2v) is 12.7. The average molecular weight is 601 g/mol. The van der Waals surface area contributed by atoms with Crippen LogP contribution >= 0.6 is 0 Å². The third-order valence-electron chi connectivity index (χ3n) is 4.95. The Bertz CT molecular complexity index is 1710. The molecule has 0 bridgehead atoms. The average Bonchev–Trinajstić information content (AvgIpc) is 2.82. The molecular weight excluding hydrogens is 576 g/mol. The van der Waals surface area contributed by atoms with Gasteiger partial charge in [0.1, 0.15) is 5.82 Å². The van der Waals surface area contributed by atoms with Gasteiger partial charge >= 0.3 is 12.0 Å². The lowest BCUT2D eigenvalue weighted by Crippen LogP contribution is -2.36. The maximum Gasteiger partial charge on any atom is 0.335 e. The highest BCUT2D eigenvalue weighted by atomic mass is 32.2. The molecule has 210 valence electrons. The molecule has 0 aliphatic rings. The van der Waals surface area contributed by atoms with Crippen molar-refractivity contribution in [2.75, 3.05) is 19.0 Å². The number of amides is 2. The smallest absolute Gasteiger partial charge is 0.335 e. The number of carbonyl (C=O) groups is 1. The number of nitrogens with two attached hydrogens (primary N) is 1. The van der Waals surface area contributed by atoms with Gasteiger partial charge in [0, 0.05) is 0 Å². The molecule has 15 nitrogen and oxygen atoms in total. The number of hydrogen-bond donors (Lipinski definition) is 3. The number of primary sulfonamides is 1. The summed E-state index contributed by atoms with van der Waals surface area (Å²) < 4.78 is 87.2. The van der Waals surface area contributed by atoms with Crippen LogP contribution in [0.3, 0.4) is 0 Å². The number of anilines is 1. The highest BCUT2D eigenvalue weighted by Gasteiger charge is 2.27. The molecule has 0 aliphatic carbocycles. The number of rotatable bonds is 10. The van der Waals surface area contributed by atoms with E-state index < -0.39 is 64.6 Å². The first kappa shape index (κ1) is 29.8. The Hall–Kier alpha value is -3.71. The van der Waals surface area contributed by atoms with Gasteiger partial charge in [-0.15, -0.1) is 0 Å². The second-order valence-electron chi connectivity index (χ2n) is 7.87. The summed E-state index contributed by atoms with van der Waals surface area (Å²) in [5.41, 5.74) is 0.421. The van der Waals surface area contributed by atoms with Crippen molar-refractivity contribution >= 4 is 42.1 Å². The van der Waals surface area contributed by atoms with Crippen LogP contribution < -0.4 is 19.9 Å². The van der Waals surface area contributed by atoms with E-state index in [1.807, 2.05) is 0 Å². The molecule has 0 spiro atoms. The molecule has 3 rings (SSSR count). The van der Waals surface area contributed by atoms with Crippen molar-refractivity contribution in [1.29, 1.82) is 0 Å². The minimum atomic E-state index is -4.73. The lowest BCUT2D eigenvalue weighted by atomic mass is 10.1. The third-order valence-corrected chi connectivity index (χ3v) is 8.69. The molecule has 0 aliphatic heterocycles. The van der Waals surface area contributed by atoms with Gasteiger partial charge in [0.05, 0.1) is 28.4 Å². The van der Waals surface area contributed by atoms with E-state index >= 15 is 0 Å². The van der Waals surface area contributed by atoms with Crippen LogP contribution in [-0.2, 0) is 40.8 Å². The van der Waals surface area contributed by atoms with Gasteiger partial charge in [0.15, 0.2) is 0 Å². The molecule has 3 aromatic rings. The minimum Gasteiger partial charge on any atom is -0.467 e. The Morgan fingerprint density at radius 1 is 0.923 bits per heavy atom. The van der Waals surface area contributed by atoms with E-state index in [1.54, 1.807) is 23.8 Å². The van der Waals surface area contributed by atoms with Crippen LogP contribution in [0.5, 0.6) is 6.01 Å². The number of aryl methyl sites for hydroxylation is 2. The number of nitrogens with one attached hydrogen (secondary N) is 2. The Balaban J connectivity index is 1.88. The van der Waals surface area contributed by atoms with Gasteiger partial charge in [0.2, 0.25) is 16.0 Å². The zero-order chi connectivity index (χ0) is 29.0. The van der Waals surface area contributed by atoms with E-state index in [0.717, 1.165) is 23.8 Å². The van der Waals surface area contributed by atoms with E-state index in [4.69, 9.17) is 14.1 Å². The topological polar surface area (TPSA) is 227 Å². The number of hydrogen-bond acceptors (Lipinski definition) is 12. The summed E-state index contributed by atoms with van der Waals surface area (Å²) in [5, 5.41) is 7.38. The van der Waals surface area contributed by atoms with E-state index in [0.29, 0.717) is 0 Å². The van der Waals surface area contributed by atoms with Crippen molar-refractivity contribution in [2.45, 2.75) is 35.0 Å². The number of urea groups is 1. The Labute approximate surface area is 225 Å². The molecule has 1 heterocycles. The van der Waals surface area contributed by atoms with Gasteiger partial charge in [-0.3, -0.25) is 9.50 Å². The molecule has 2 amide bonds. The van der Waals surface area contributed by atoms with Crippen molar-refractivity contribution in [3.63, 3.8) is 0 Å². The molecule has 1 aromatic heterocycles. The first-order chi connectivity index (χ1) is 18.1. The molecule has 0 saturated heterocycles. The maximum atomic E-state index is 13.1. The van der Waals surface area contributed by atoms with Crippen molar-refractivity contribution in [3.8, 4) is 6.01 Å². The predicted octanol–water partition coefficient (Wildman–Crippen LogP) is 0.603. The molecule has 39 heavy (non-hydrogen) atoms. The number of methoxy groups -OCH3 is 1. The quantitative estimate of drug-likeness (QED) is 0.272. The number of sulfonamides is 2. The van der Waals surface area contributed by atoms with E-state index in [2.05, 4.69) is 20.3 Å². The normalized spacial score (nSPS) is 12.1. The van der Waals surface area contributed by atoms with Gasteiger partial charge in [0.25, 0.3) is 20.1 Å². The van der Waals surface area contributed by atoms with Gasteiger partial charge in [-0.1, -0.05) is 23.8 Å². The summed E-state index contributed by atoms with van der Waals surface area (Å²) >= 11 is 0. The first-order valence-electron chi connectivity index (χ1n) is 10.8. The molecule has 0 atom stereocenters. The highest BCUT2D eigenvalue weighted by Crippen LogP contribution is 2.25. The van der Waals surface area contributed by atoms with Crippen LogP contribution in [0.15, 0.2) is 57.2 Å². The van der Waals surface area contributed by atoms with Crippen LogP contribution in [0.2, 0.25) is 0 Å². The van der Waals surface area contributed by atoms with Crippen LogP contribution in [0.1, 0.15) is 17.0 Å².